The number of aromatic nitrogens is 1. The molecule has 0 spiro atoms. The molecule has 1 amide bonds. The molecule has 0 saturated carbocycles. The van der Waals surface area contributed by atoms with Crippen LogP contribution in [0.5, 0.6) is 0 Å². The molecule has 2 aromatic rings. The summed E-state index contributed by atoms with van der Waals surface area (Å²) in [6.45, 7) is 4.87. The standard InChI is InChI=1S/C18H22N2O3/c1-13-5-7-14(8-6-13)16-11-15(20-23-16)12-19-17(21)18(2)9-3-4-10-22-18/h5-8,11H,3-4,9-10,12H2,1-2H3,(H,19,21)/t18-/m0/s1. The Morgan fingerprint density at radius 1 is 1.30 bits per heavy atom. The van der Waals surface area contributed by atoms with Gasteiger partial charge in [0.15, 0.2) is 5.76 Å². The average Bonchev–Trinajstić information content (AvgIpc) is 3.03. The number of nitrogens with one attached hydrogen (secondary N) is 1. The van der Waals surface area contributed by atoms with Gasteiger partial charge in [-0.25, -0.2) is 0 Å². The molecule has 1 aliphatic heterocycles. The van der Waals surface area contributed by atoms with Crippen molar-refractivity contribution >= 4 is 5.91 Å². The third-order valence-corrected chi connectivity index (χ3v) is 4.27. The lowest BCUT2D eigenvalue weighted by Crippen LogP contribution is -2.48. The third kappa shape index (κ3) is 3.62. The Labute approximate surface area is 136 Å². The number of amides is 1. The predicted octanol–water partition coefficient (Wildman–Crippen LogP) is 3.23. The van der Waals surface area contributed by atoms with Gasteiger partial charge in [-0.3, -0.25) is 4.79 Å². The highest BCUT2D eigenvalue weighted by atomic mass is 16.5. The van der Waals surface area contributed by atoms with E-state index in [0.29, 0.717) is 24.6 Å². The quantitative estimate of drug-likeness (QED) is 0.941. The average molecular weight is 314 g/mol. The number of hydrogen-bond acceptors (Lipinski definition) is 4. The number of ether oxygens (including phenoxy) is 1. The Morgan fingerprint density at radius 3 is 2.78 bits per heavy atom. The smallest absolute Gasteiger partial charge is 0.252 e. The van der Waals surface area contributed by atoms with Gasteiger partial charge in [0, 0.05) is 18.2 Å². The molecule has 0 bridgehead atoms. The van der Waals surface area contributed by atoms with Gasteiger partial charge in [-0.05, 0) is 33.1 Å². The molecule has 122 valence electrons. The molecule has 1 fully saturated rings. The van der Waals surface area contributed by atoms with Crippen LogP contribution in [0.2, 0.25) is 0 Å². The maximum absolute atomic E-state index is 12.3. The van der Waals surface area contributed by atoms with E-state index in [9.17, 15) is 4.79 Å². The molecule has 1 atom stereocenters. The van der Waals surface area contributed by atoms with Crippen LogP contribution in [-0.2, 0) is 16.1 Å². The van der Waals surface area contributed by atoms with Gasteiger partial charge in [0.2, 0.25) is 0 Å². The van der Waals surface area contributed by atoms with Crippen LogP contribution in [0.1, 0.15) is 37.4 Å². The third-order valence-electron chi connectivity index (χ3n) is 4.27. The first-order valence-electron chi connectivity index (χ1n) is 8.02. The Balaban J connectivity index is 1.61. The Bertz CT molecular complexity index is 670. The van der Waals surface area contributed by atoms with E-state index in [-0.39, 0.29) is 5.91 Å². The molecule has 5 nitrogen and oxygen atoms in total. The van der Waals surface area contributed by atoms with Crippen LogP contribution in [0.3, 0.4) is 0 Å². The minimum absolute atomic E-state index is 0.0860. The van der Waals surface area contributed by atoms with Gasteiger partial charge >= 0.3 is 0 Å². The summed E-state index contributed by atoms with van der Waals surface area (Å²) in [6, 6.07) is 9.90. The van der Waals surface area contributed by atoms with Crippen LogP contribution in [0, 0.1) is 6.92 Å². The Hall–Kier alpha value is -2.14. The predicted molar refractivity (Wildman–Crippen MR) is 86.7 cm³/mol. The largest absolute Gasteiger partial charge is 0.365 e. The van der Waals surface area contributed by atoms with Crippen molar-refractivity contribution in [3.8, 4) is 11.3 Å². The number of carbonyl (C=O) groups is 1. The van der Waals surface area contributed by atoms with E-state index in [1.807, 2.05) is 44.2 Å². The Morgan fingerprint density at radius 2 is 2.09 bits per heavy atom. The second-order valence-electron chi connectivity index (χ2n) is 6.27. The van der Waals surface area contributed by atoms with Crippen molar-refractivity contribution in [2.24, 2.45) is 0 Å². The monoisotopic (exact) mass is 314 g/mol. The van der Waals surface area contributed by atoms with Crippen molar-refractivity contribution in [3.63, 3.8) is 0 Å². The number of carbonyl (C=O) groups excluding carboxylic acids is 1. The van der Waals surface area contributed by atoms with Crippen LogP contribution < -0.4 is 5.32 Å². The van der Waals surface area contributed by atoms with Crippen LogP contribution in [0.4, 0.5) is 0 Å². The van der Waals surface area contributed by atoms with E-state index >= 15 is 0 Å². The van der Waals surface area contributed by atoms with Crippen molar-refractivity contribution in [1.29, 1.82) is 0 Å². The molecular formula is C18H22N2O3. The first-order valence-corrected chi connectivity index (χ1v) is 8.02. The molecule has 1 aromatic heterocycles. The lowest BCUT2D eigenvalue weighted by molar-refractivity contribution is -0.150. The summed E-state index contributed by atoms with van der Waals surface area (Å²) in [5, 5.41) is 6.92. The summed E-state index contributed by atoms with van der Waals surface area (Å²) in [6.07, 6.45) is 2.80. The van der Waals surface area contributed by atoms with E-state index in [0.717, 1.165) is 24.8 Å². The van der Waals surface area contributed by atoms with Crippen LogP contribution in [0.25, 0.3) is 11.3 Å². The molecule has 0 radical (unpaired) electrons. The molecule has 1 saturated heterocycles. The van der Waals surface area contributed by atoms with E-state index in [2.05, 4.69) is 10.5 Å². The molecular weight excluding hydrogens is 292 g/mol. The summed E-state index contributed by atoms with van der Waals surface area (Å²) in [5.74, 6) is 0.617. The fraction of sp³-hybridized carbons (Fsp3) is 0.444. The molecule has 1 aromatic carbocycles. The van der Waals surface area contributed by atoms with Crippen molar-refractivity contribution in [2.45, 2.75) is 45.3 Å². The second kappa shape index (κ2) is 6.54. The molecule has 23 heavy (non-hydrogen) atoms. The number of rotatable bonds is 4. The fourth-order valence-corrected chi connectivity index (χ4v) is 2.72. The molecule has 2 heterocycles. The zero-order chi connectivity index (χ0) is 16.3. The number of nitrogens with zero attached hydrogens (tertiary/aromatic N) is 1. The van der Waals surface area contributed by atoms with Gasteiger partial charge in [-0.15, -0.1) is 0 Å². The molecule has 1 N–H and O–H groups in total. The lowest BCUT2D eigenvalue weighted by Gasteiger charge is -2.32. The highest BCUT2D eigenvalue weighted by Crippen LogP contribution is 2.25. The minimum atomic E-state index is -0.720. The van der Waals surface area contributed by atoms with Gasteiger partial charge in [0.05, 0.1) is 6.54 Å². The van der Waals surface area contributed by atoms with E-state index in [1.165, 1.54) is 5.56 Å². The summed E-state index contributed by atoms with van der Waals surface area (Å²) in [5.41, 5.74) is 2.15. The number of benzene rings is 1. The molecule has 0 unspecified atom stereocenters. The number of hydrogen-bond donors (Lipinski definition) is 1. The van der Waals surface area contributed by atoms with Gasteiger partial charge in [0.25, 0.3) is 5.91 Å². The van der Waals surface area contributed by atoms with Crippen LogP contribution >= 0.6 is 0 Å². The molecule has 5 heteroatoms. The van der Waals surface area contributed by atoms with E-state index in [4.69, 9.17) is 9.26 Å². The van der Waals surface area contributed by atoms with E-state index < -0.39 is 5.60 Å². The molecule has 0 aliphatic carbocycles. The van der Waals surface area contributed by atoms with Gasteiger partial charge in [-0.2, -0.15) is 0 Å². The zero-order valence-corrected chi connectivity index (χ0v) is 13.6. The van der Waals surface area contributed by atoms with Crippen LogP contribution in [0.15, 0.2) is 34.9 Å². The maximum Gasteiger partial charge on any atom is 0.252 e. The summed E-state index contributed by atoms with van der Waals surface area (Å²) in [4.78, 5) is 12.3. The number of aryl methyl sites for hydroxylation is 1. The SMILES string of the molecule is Cc1ccc(-c2cc(CNC(=O)[C@]3(C)CCCCO3)no2)cc1. The topological polar surface area (TPSA) is 64.4 Å². The maximum atomic E-state index is 12.3. The highest BCUT2D eigenvalue weighted by molar-refractivity contribution is 5.84. The highest BCUT2D eigenvalue weighted by Gasteiger charge is 2.35. The lowest BCUT2D eigenvalue weighted by atomic mass is 9.95. The van der Waals surface area contributed by atoms with Crippen molar-refractivity contribution < 1.29 is 14.1 Å². The Kier molecular flexibility index (Phi) is 4.48. The molecule has 3 rings (SSSR count). The minimum Gasteiger partial charge on any atom is -0.365 e. The summed E-state index contributed by atoms with van der Waals surface area (Å²) in [7, 11) is 0. The van der Waals surface area contributed by atoms with Crippen LogP contribution in [-0.4, -0.2) is 23.3 Å². The zero-order valence-electron chi connectivity index (χ0n) is 13.6. The first kappa shape index (κ1) is 15.7. The van der Waals surface area contributed by atoms with Gasteiger partial charge in [-0.1, -0.05) is 35.0 Å². The normalized spacial score (nSPS) is 21.1. The van der Waals surface area contributed by atoms with E-state index in [1.54, 1.807) is 0 Å². The van der Waals surface area contributed by atoms with Gasteiger partial charge < -0.3 is 14.6 Å². The summed E-state index contributed by atoms with van der Waals surface area (Å²) < 4.78 is 11.0. The summed E-state index contributed by atoms with van der Waals surface area (Å²) >= 11 is 0. The first-order chi connectivity index (χ1) is 11.1. The molecule has 1 aliphatic rings. The van der Waals surface area contributed by atoms with Gasteiger partial charge in [0.1, 0.15) is 11.3 Å². The fourth-order valence-electron chi connectivity index (χ4n) is 2.72. The second-order valence-corrected chi connectivity index (χ2v) is 6.27. The van der Waals surface area contributed by atoms with Crippen molar-refractivity contribution in [1.82, 2.24) is 10.5 Å². The van der Waals surface area contributed by atoms with Crippen molar-refractivity contribution in [3.05, 3.63) is 41.6 Å². The van der Waals surface area contributed by atoms with Crippen molar-refractivity contribution in [2.75, 3.05) is 6.61 Å².